The molecule has 1 N–H and O–H groups in total. The Hall–Kier alpha value is -1.35. The van der Waals surface area contributed by atoms with Gasteiger partial charge < -0.3 is 5.32 Å². The van der Waals surface area contributed by atoms with E-state index in [4.69, 9.17) is 11.6 Å². The van der Waals surface area contributed by atoms with Crippen molar-refractivity contribution in [2.75, 3.05) is 12.4 Å². The summed E-state index contributed by atoms with van der Waals surface area (Å²) in [6, 6.07) is 7.03. The average Bonchev–Trinajstić information content (AvgIpc) is 2.64. The van der Waals surface area contributed by atoms with Crippen LogP contribution in [0.3, 0.4) is 0 Å². The standard InChI is InChI=1S/C21H32ClNO2/c1-2-3-4-5-6-7-8-11-17-23-21(25)19-14-10-9-13-18(19)20(24)15-12-16-22/h9-10,13-14H,2-8,11-12,15-17H2,1H3,(H,23,25). The van der Waals surface area contributed by atoms with Crippen molar-refractivity contribution in [3.05, 3.63) is 35.4 Å². The molecular weight excluding hydrogens is 334 g/mol. The third-order valence-electron chi connectivity index (χ3n) is 4.33. The van der Waals surface area contributed by atoms with Gasteiger partial charge in [0, 0.05) is 24.4 Å². The first kappa shape index (κ1) is 21.7. The number of ketones is 1. The van der Waals surface area contributed by atoms with Crippen molar-refractivity contribution in [2.24, 2.45) is 0 Å². The van der Waals surface area contributed by atoms with Crippen molar-refractivity contribution in [2.45, 2.75) is 71.1 Å². The molecule has 4 heteroatoms. The highest BCUT2D eigenvalue weighted by atomic mass is 35.5. The maximum Gasteiger partial charge on any atom is 0.252 e. The maximum absolute atomic E-state index is 12.4. The summed E-state index contributed by atoms with van der Waals surface area (Å²) in [4.78, 5) is 24.6. The van der Waals surface area contributed by atoms with Gasteiger partial charge in [-0.3, -0.25) is 9.59 Å². The molecule has 1 aromatic rings. The van der Waals surface area contributed by atoms with Crippen molar-refractivity contribution >= 4 is 23.3 Å². The van der Waals surface area contributed by atoms with Gasteiger partial charge in [-0.15, -0.1) is 11.6 Å². The molecule has 140 valence electrons. The zero-order valence-corrected chi connectivity index (χ0v) is 16.2. The molecule has 0 spiro atoms. The van der Waals surface area contributed by atoms with E-state index >= 15 is 0 Å². The number of carbonyl (C=O) groups excluding carboxylic acids is 2. The van der Waals surface area contributed by atoms with Crippen molar-refractivity contribution in [1.29, 1.82) is 0 Å². The van der Waals surface area contributed by atoms with Crippen LogP contribution in [0.4, 0.5) is 0 Å². The van der Waals surface area contributed by atoms with E-state index in [9.17, 15) is 9.59 Å². The van der Waals surface area contributed by atoms with Crippen molar-refractivity contribution in [3.8, 4) is 0 Å². The zero-order valence-electron chi connectivity index (χ0n) is 15.5. The molecule has 0 fully saturated rings. The van der Waals surface area contributed by atoms with Gasteiger partial charge in [0.15, 0.2) is 5.78 Å². The summed E-state index contributed by atoms with van der Waals surface area (Å²) >= 11 is 5.65. The number of hydrogen-bond donors (Lipinski definition) is 1. The number of carbonyl (C=O) groups is 2. The number of unbranched alkanes of at least 4 members (excludes halogenated alkanes) is 7. The fraction of sp³-hybridized carbons (Fsp3) is 0.619. The highest BCUT2D eigenvalue weighted by molar-refractivity contribution is 6.18. The van der Waals surface area contributed by atoms with Gasteiger partial charge in [0.1, 0.15) is 0 Å². The minimum Gasteiger partial charge on any atom is -0.352 e. The molecule has 0 saturated heterocycles. The molecule has 0 aliphatic heterocycles. The predicted octanol–water partition coefficient (Wildman–Crippen LogP) is 5.76. The van der Waals surface area contributed by atoms with E-state index in [1.807, 2.05) is 0 Å². The van der Waals surface area contributed by atoms with Gasteiger partial charge in [0.2, 0.25) is 0 Å². The molecule has 0 bridgehead atoms. The lowest BCUT2D eigenvalue weighted by Crippen LogP contribution is -2.26. The molecule has 3 nitrogen and oxygen atoms in total. The molecule has 0 saturated carbocycles. The smallest absolute Gasteiger partial charge is 0.252 e. The summed E-state index contributed by atoms with van der Waals surface area (Å²) in [5.41, 5.74) is 0.975. The molecule has 1 rings (SSSR count). The highest BCUT2D eigenvalue weighted by Crippen LogP contribution is 2.13. The topological polar surface area (TPSA) is 46.2 Å². The highest BCUT2D eigenvalue weighted by Gasteiger charge is 2.15. The third-order valence-corrected chi connectivity index (χ3v) is 4.59. The average molecular weight is 366 g/mol. The van der Waals surface area contributed by atoms with E-state index in [0.717, 1.165) is 12.8 Å². The van der Waals surface area contributed by atoms with E-state index < -0.39 is 0 Å². The lowest BCUT2D eigenvalue weighted by molar-refractivity contribution is 0.0930. The lowest BCUT2D eigenvalue weighted by Gasteiger charge is -2.09. The van der Waals surface area contributed by atoms with Crippen LogP contribution in [0.15, 0.2) is 24.3 Å². The number of Topliss-reactive ketones (excluding diaryl/α,β-unsaturated/α-hetero) is 1. The van der Waals surface area contributed by atoms with Gasteiger partial charge in [-0.2, -0.15) is 0 Å². The second kappa shape index (κ2) is 13.9. The van der Waals surface area contributed by atoms with Crippen LogP contribution in [0.2, 0.25) is 0 Å². The molecular formula is C21H32ClNO2. The number of nitrogens with one attached hydrogen (secondary N) is 1. The molecule has 0 aliphatic rings. The van der Waals surface area contributed by atoms with Crippen LogP contribution in [-0.2, 0) is 0 Å². The molecule has 25 heavy (non-hydrogen) atoms. The van der Waals surface area contributed by atoms with E-state index in [1.54, 1.807) is 24.3 Å². The molecule has 0 aromatic heterocycles. The van der Waals surface area contributed by atoms with Gasteiger partial charge >= 0.3 is 0 Å². The Kier molecular flexibility index (Phi) is 12.0. The van der Waals surface area contributed by atoms with E-state index in [0.29, 0.717) is 36.4 Å². The summed E-state index contributed by atoms with van der Waals surface area (Å²) in [6.07, 6.45) is 10.9. The van der Waals surface area contributed by atoms with Crippen LogP contribution < -0.4 is 5.32 Å². The second-order valence-corrected chi connectivity index (χ2v) is 6.87. The fourth-order valence-electron chi connectivity index (χ4n) is 2.84. The quantitative estimate of drug-likeness (QED) is 0.259. The lowest BCUT2D eigenvalue weighted by atomic mass is 10.00. The summed E-state index contributed by atoms with van der Waals surface area (Å²) in [5.74, 6) is 0.287. The number of rotatable bonds is 14. The predicted molar refractivity (Wildman–Crippen MR) is 106 cm³/mol. The van der Waals surface area contributed by atoms with E-state index in [2.05, 4.69) is 12.2 Å². The van der Waals surface area contributed by atoms with Crippen molar-refractivity contribution in [3.63, 3.8) is 0 Å². The molecule has 1 amide bonds. The maximum atomic E-state index is 12.4. The van der Waals surface area contributed by atoms with E-state index in [1.165, 1.54) is 38.5 Å². The Labute approximate surface area is 157 Å². The Morgan fingerprint density at radius 3 is 2.12 bits per heavy atom. The van der Waals surface area contributed by atoms with Crippen LogP contribution in [0, 0.1) is 0 Å². The van der Waals surface area contributed by atoms with Crippen LogP contribution >= 0.6 is 11.6 Å². The summed E-state index contributed by atoms with van der Waals surface area (Å²) in [6.45, 7) is 2.89. The van der Waals surface area contributed by atoms with Gasteiger partial charge in [0.05, 0.1) is 5.56 Å². The second-order valence-electron chi connectivity index (χ2n) is 6.49. The molecule has 0 heterocycles. The summed E-state index contributed by atoms with van der Waals surface area (Å²) in [5, 5.41) is 2.94. The Morgan fingerprint density at radius 2 is 1.48 bits per heavy atom. The third kappa shape index (κ3) is 9.06. The van der Waals surface area contributed by atoms with E-state index in [-0.39, 0.29) is 11.7 Å². The summed E-state index contributed by atoms with van der Waals surface area (Å²) in [7, 11) is 0. The number of halogens is 1. The molecule has 0 radical (unpaired) electrons. The van der Waals surface area contributed by atoms with Crippen LogP contribution in [0.1, 0.15) is 91.8 Å². The monoisotopic (exact) mass is 365 g/mol. The van der Waals surface area contributed by atoms with Crippen molar-refractivity contribution in [1.82, 2.24) is 5.32 Å². The molecule has 0 atom stereocenters. The van der Waals surface area contributed by atoms with Gasteiger partial charge in [-0.1, -0.05) is 70.1 Å². The molecule has 0 unspecified atom stereocenters. The number of alkyl halides is 1. The SMILES string of the molecule is CCCCCCCCCCNC(=O)c1ccccc1C(=O)CCCCl. The Bertz CT molecular complexity index is 516. The first-order valence-corrected chi connectivity index (χ1v) is 10.2. The fourth-order valence-corrected chi connectivity index (χ4v) is 2.98. The minimum atomic E-state index is -0.155. The zero-order chi connectivity index (χ0) is 18.3. The van der Waals surface area contributed by atoms with Gasteiger partial charge in [0.25, 0.3) is 5.91 Å². The minimum absolute atomic E-state index is 0.0153. The van der Waals surface area contributed by atoms with Gasteiger partial charge in [-0.25, -0.2) is 0 Å². The number of hydrogen-bond acceptors (Lipinski definition) is 2. The first-order chi connectivity index (χ1) is 12.2. The Morgan fingerprint density at radius 1 is 0.880 bits per heavy atom. The van der Waals surface area contributed by atoms with Crippen LogP contribution in [0.5, 0.6) is 0 Å². The Balaban J connectivity index is 2.32. The van der Waals surface area contributed by atoms with Crippen LogP contribution in [-0.4, -0.2) is 24.1 Å². The summed E-state index contributed by atoms with van der Waals surface area (Å²) < 4.78 is 0. The number of amides is 1. The first-order valence-electron chi connectivity index (χ1n) is 9.67. The normalized spacial score (nSPS) is 10.6. The van der Waals surface area contributed by atoms with Gasteiger partial charge in [-0.05, 0) is 18.9 Å². The number of benzene rings is 1. The molecule has 1 aromatic carbocycles. The molecule has 0 aliphatic carbocycles. The van der Waals surface area contributed by atoms with Crippen molar-refractivity contribution < 1.29 is 9.59 Å². The largest absolute Gasteiger partial charge is 0.352 e. The van der Waals surface area contributed by atoms with Crippen LogP contribution in [0.25, 0.3) is 0 Å².